The number of methoxy groups -OCH3 is 1. The summed E-state index contributed by atoms with van der Waals surface area (Å²) in [5.74, 6) is -0.449. The third-order valence-corrected chi connectivity index (χ3v) is 2.32. The van der Waals surface area contributed by atoms with Crippen molar-refractivity contribution in [3.05, 3.63) is 24.3 Å². The molecular formula is C11H17FN2O. The molecule has 15 heavy (non-hydrogen) atoms. The van der Waals surface area contributed by atoms with Gasteiger partial charge in [-0.25, -0.2) is 4.98 Å². The van der Waals surface area contributed by atoms with Gasteiger partial charge in [0, 0.05) is 37.6 Å². The Labute approximate surface area is 89.9 Å². The fourth-order valence-corrected chi connectivity index (χ4v) is 1.65. The number of hydrogen-bond acceptors (Lipinski definition) is 3. The van der Waals surface area contributed by atoms with E-state index < -0.39 is 5.95 Å². The van der Waals surface area contributed by atoms with Gasteiger partial charge in [-0.2, -0.15) is 4.39 Å². The molecule has 1 aromatic heterocycles. The van der Waals surface area contributed by atoms with Crippen molar-refractivity contribution < 1.29 is 9.13 Å². The van der Waals surface area contributed by atoms with Crippen LogP contribution in [-0.2, 0) is 4.74 Å². The van der Waals surface area contributed by atoms with Crippen LogP contribution >= 0.6 is 0 Å². The van der Waals surface area contributed by atoms with Crippen LogP contribution in [0, 0.1) is 5.95 Å². The van der Waals surface area contributed by atoms with Gasteiger partial charge in [-0.3, -0.25) is 0 Å². The number of hydrogen-bond donors (Lipinski definition) is 0. The van der Waals surface area contributed by atoms with Crippen LogP contribution in [0.5, 0.6) is 0 Å². The van der Waals surface area contributed by atoms with Crippen molar-refractivity contribution in [2.45, 2.75) is 19.9 Å². The Kier molecular flexibility index (Phi) is 4.49. The summed E-state index contributed by atoms with van der Waals surface area (Å²) in [7, 11) is 1.66. The van der Waals surface area contributed by atoms with Gasteiger partial charge in [0.05, 0.1) is 6.61 Å². The number of pyridine rings is 1. The zero-order valence-corrected chi connectivity index (χ0v) is 9.40. The van der Waals surface area contributed by atoms with Crippen LogP contribution in [0.3, 0.4) is 0 Å². The summed E-state index contributed by atoms with van der Waals surface area (Å²) in [4.78, 5) is 5.61. The van der Waals surface area contributed by atoms with Crippen molar-refractivity contribution in [3.8, 4) is 0 Å². The van der Waals surface area contributed by atoms with Gasteiger partial charge < -0.3 is 9.64 Å². The van der Waals surface area contributed by atoms with Crippen molar-refractivity contribution >= 4 is 5.69 Å². The van der Waals surface area contributed by atoms with Gasteiger partial charge in [-0.1, -0.05) is 0 Å². The van der Waals surface area contributed by atoms with E-state index in [1.54, 1.807) is 13.2 Å². The molecule has 4 heteroatoms. The molecule has 0 saturated heterocycles. The minimum Gasteiger partial charge on any atom is -0.383 e. The minimum atomic E-state index is -0.449. The summed E-state index contributed by atoms with van der Waals surface area (Å²) < 4.78 is 18.0. The lowest BCUT2D eigenvalue weighted by atomic mass is 10.2. The molecule has 0 amide bonds. The second-order valence-corrected chi connectivity index (χ2v) is 3.43. The first kappa shape index (κ1) is 11.9. The highest BCUT2D eigenvalue weighted by atomic mass is 19.1. The van der Waals surface area contributed by atoms with Crippen molar-refractivity contribution in [1.82, 2.24) is 4.98 Å². The molecule has 0 aliphatic rings. The first-order chi connectivity index (χ1) is 7.19. The van der Waals surface area contributed by atoms with Crippen LogP contribution < -0.4 is 4.90 Å². The zero-order chi connectivity index (χ0) is 11.3. The average Bonchev–Trinajstić information content (AvgIpc) is 2.19. The Bertz CT molecular complexity index is 306. The fraction of sp³-hybridized carbons (Fsp3) is 0.545. The first-order valence-electron chi connectivity index (χ1n) is 5.06. The Morgan fingerprint density at radius 3 is 2.87 bits per heavy atom. The molecule has 1 heterocycles. The van der Waals surface area contributed by atoms with E-state index in [4.69, 9.17) is 4.74 Å². The molecular weight excluding hydrogens is 195 g/mol. The van der Waals surface area contributed by atoms with Gasteiger partial charge in [0.15, 0.2) is 0 Å². The lowest BCUT2D eigenvalue weighted by molar-refractivity contribution is 0.182. The molecule has 1 rings (SSSR count). The fourth-order valence-electron chi connectivity index (χ4n) is 1.65. The van der Waals surface area contributed by atoms with E-state index in [1.165, 1.54) is 12.3 Å². The normalized spacial score (nSPS) is 12.5. The predicted octanol–water partition coefficient (Wildman–Crippen LogP) is 2.08. The van der Waals surface area contributed by atoms with Crippen molar-refractivity contribution in [3.63, 3.8) is 0 Å². The molecule has 0 aliphatic carbocycles. The third kappa shape index (κ3) is 3.16. The molecule has 1 aromatic rings. The minimum absolute atomic E-state index is 0.224. The first-order valence-corrected chi connectivity index (χ1v) is 5.06. The number of halogens is 1. The van der Waals surface area contributed by atoms with Gasteiger partial charge in [0.2, 0.25) is 5.95 Å². The Morgan fingerprint density at radius 2 is 2.33 bits per heavy atom. The number of anilines is 1. The summed E-state index contributed by atoms with van der Waals surface area (Å²) in [6, 6.07) is 3.47. The standard InChI is InChI=1S/C11H17FN2O/c1-4-14(9(2)8-15-3)10-5-6-13-11(12)7-10/h5-7,9H,4,8H2,1-3H3. The van der Waals surface area contributed by atoms with Crippen molar-refractivity contribution in [1.29, 1.82) is 0 Å². The van der Waals surface area contributed by atoms with Crippen LogP contribution in [0.4, 0.5) is 10.1 Å². The molecule has 0 bridgehead atoms. The molecule has 0 aromatic carbocycles. The number of rotatable bonds is 5. The number of aromatic nitrogens is 1. The van der Waals surface area contributed by atoms with E-state index in [0.29, 0.717) is 6.61 Å². The SMILES string of the molecule is CCN(c1ccnc(F)c1)C(C)COC. The second-order valence-electron chi connectivity index (χ2n) is 3.43. The van der Waals surface area contributed by atoms with Gasteiger partial charge >= 0.3 is 0 Å². The predicted molar refractivity (Wildman–Crippen MR) is 58.6 cm³/mol. The molecule has 0 saturated carbocycles. The van der Waals surface area contributed by atoms with Crippen LogP contribution in [0.2, 0.25) is 0 Å². The highest BCUT2D eigenvalue weighted by Crippen LogP contribution is 2.16. The van der Waals surface area contributed by atoms with Crippen LogP contribution in [0.25, 0.3) is 0 Å². The van der Waals surface area contributed by atoms with Gasteiger partial charge in [0.1, 0.15) is 0 Å². The topological polar surface area (TPSA) is 25.4 Å². The monoisotopic (exact) mass is 212 g/mol. The highest BCUT2D eigenvalue weighted by Gasteiger charge is 2.12. The lowest BCUT2D eigenvalue weighted by Gasteiger charge is -2.29. The van der Waals surface area contributed by atoms with E-state index >= 15 is 0 Å². The largest absolute Gasteiger partial charge is 0.383 e. The lowest BCUT2D eigenvalue weighted by Crippen LogP contribution is -2.36. The van der Waals surface area contributed by atoms with E-state index in [-0.39, 0.29) is 6.04 Å². The molecule has 0 spiro atoms. The molecule has 0 fully saturated rings. The Morgan fingerprint density at radius 1 is 1.60 bits per heavy atom. The average molecular weight is 212 g/mol. The molecule has 0 radical (unpaired) electrons. The number of ether oxygens (including phenoxy) is 1. The van der Waals surface area contributed by atoms with E-state index in [0.717, 1.165) is 12.2 Å². The summed E-state index contributed by atoms with van der Waals surface area (Å²) >= 11 is 0. The van der Waals surface area contributed by atoms with Crippen molar-refractivity contribution in [2.24, 2.45) is 0 Å². The molecule has 1 unspecified atom stereocenters. The molecule has 0 N–H and O–H groups in total. The summed E-state index contributed by atoms with van der Waals surface area (Å²) in [6.45, 7) is 5.52. The zero-order valence-electron chi connectivity index (χ0n) is 9.40. The quantitative estimate of drug-likeness (QED) is 0.699. The van der Waals surface area contributed by atoms with Gasteiger partial charge in [-0.05, 0) is 19.9 Å². The van der Waals surface area contributed by atoms with Gasteiger partial charge in [0.25, 0.3) is 0 Å². The maximum atomic E-state index is 12.9. The molecule has 3 nitrogen and oxygen atoms in total. The van der Waals surface area contributed by atoms with E-state index in [2.05, 4.69) is 9.88 Å². The Balaban J connectivity index is 2.82. The maximum absolute atomic E-state index is 12.9. The van der Waals surface area contributed by atoms with E-state index in [1.807, 2.05) is 13.8 Å². The van der Waals surface area contributed by atoms with Crippen LogP contribution in [0.15, 0.2) is 18.3 Å². The Hall–Kier alpha value is -1.16. The molecule has 0 aliphatic heterocycles. The van der Waals surface area contributed by atoms with Gasteiger partial charge in [-0.15, -0.1) is 0 Å². The summed E-state index contributed by atoms with van der Waals surface area (Å²) in [6.07, 6.45) is 1.48. The molecule has 84 valence electrons. The van der Waals surface area contributed by atoms with Crippen molar-refractivity contribution in [2.75, 3.05) is 25.2 Å². The second kappa shape index (κ2) is 5.66. The maximum Gasteiger partial charge on any atom is 0.214 e. The molecule has 1 atom stereocenters. The van der Waals surface area contributed by atoms with Crippen LogP contribution in [0.1, 0.15) is 13.8 Å². The highest BCUT2D eigenvalue weighted by molar-refractivity contribution is 5.45. The number of likely N-dealkylation sites (N-methyl/N-ethyl adjacent to an activating group) is 1. The summed E-state index contributed by atoms with van der Waals surface area (Å²) in [5.41, 5.74) is 0.842. The van der Waals surface area contributed by atoms with E-state index in [9.17, 15) is 4.39 Å². The number of nitrogens with zero attached hydrogens (tertiary/aromatic N) is 2. The van der Waals surface area contributed by atoms with Crippen LogP contribution in [-0.4, -0.2) is 31.3 Å². The smallest absolute Gasteiger partial charge is 0.214 e. The summed E-state index contributed by atoms with van der Waals surface area (Å²) in [5, 5.41) is 0. The third-order valence-electron chi connectivity index (χ3n) is 2.32.